The van der Waals surface area contributed by atoms with Crippen LogP contribution in [0.4, 0.5) is 5.69 Å². The van der Waals surface area contributed by atoms with Gasteiger partial charge < -0.3 is 10.5 Å². The van der Waals surface area contributed by atoms with Crippen LogP contribution in [0.5, 0.6) is 5.75 Å². The van der Waals surface area contributed by atoms with Gasteiger partial charge in [-0.15, -0.1) is 0 Å². The van der Waals surface area contributed by atoms with E-state index in [4.69, 9.17) is 10.5 Å². The zero-order valence-electron chi connectivity index (χ0n) is 18.3. The maximum absolute atomic E-state index is 13.6. The average Bonchev–Trinajstić information content (AvgIpc) is 2.77. The van der Waals surface area contributed by atoms with E-state index < -0.39 is 5.92 Å². The number of anilines is 1. The molecular weight excluding hydrogens is 400 g/mol. The van der Waals surface area contributed by atoms with E-state index in [1.165, 1.54) is 0 Å². The Balaban J connectivity index is 1.84. The number of carbonyl (C=O) groups is 1. The Morgan fingerprint density at radius 2 is 1.97 bits per heavy atom. The highest BCUT2D eigenvalue weighted by Crippen LogP contribution is 2.52. The molecule has 2 aromatic rings. The number of ketones is 1. The zero-order chi connectivity index (χ0) is 22.6. The van der Waals surface area contributed by atoms with Crippen molar-refractivity contribution in [2.75, 3.05) is 12.0 Å². The Kier molecular flexibility index (Phi) is 4.45. The standard InChI is InChI=1S/C26H24N4O2/c1-26(2)12-20-23(21(31)13-26)22(15-7-6-8-16(11-15)32-3)18(14-27)25-29-24(28)17-9-4-5-10-19(17)30(20)25/h4-11,22H,12-13H2,1-3H3,(H2,28,29)/t22-/m1/s1. The minimum atomic E-state index is -0.512. The number of nitrogens with two attached hydrogens (primary N) is 1. The van der Waals surface area contributed by atoms with Crippen molar-refractivity contribution >= 4 is 17.3 Å². The number of rotatable bonds is 2. The van der Waals surface area contributed by atoms with Gasteiger partial charge in [-0.25, -0.2) is 4.99 Å². The molecule has 0 unspecified atom stereocenters. The number of hydrogen-bond donors (Lipinski definition) is 1. The highest BCUT2D eigenvalue weighted by atomic mass is 16.5. The third kappa shape index (κ3) is 2.93. The second-order valence-electron chi connectivity index (χ2n) is 9.21. The van der Waals surface area contributed by atoms with Gasteiger partial charge in [0.15, 0.2) is 11.6 Å². The van der Waals surface area contributed by atoms with Crippen molar-refractivity contribution in [2.45, 2.75) is 32.6 Å². The number of fused-ring (bicyclic) bond motifs is 4. The molecule has 0 radical (unpaired) electrons. The van der Waals surface area contributed by atoms with Gasteiger partial charge in [-0.2, -0.15) is 5.26 Å². The minimum absolute atomic E-state index is 0.0656. The molecule has 160 valence electrons. The predicted octanol–water partition coefficient (Wildman–Crippen LogP) is 4.40. The lowest BCUT2D eigenvalue weighted by Gasteiger charge is -2.45. The quantitative estimate of drug-likeness (QED) is 0.772. The number of methoxy groups -OCH3 is 1. The van der Waals surface area contributed by atoms with E-state index in [2.05, 4.69) is 24.9 Å². The maximum atomic E-state index is 13.6. The van der Waals surface area contributed by atoms with Crippen LogP contribution >= 0.6 is 0 Å². The summed E-state index contributed by atoms with van der Waals surface area (Å²) in [7, 11) is 1.60. The third-order valence-corrected chi connectivity index (χ3v) is 6.39. The van der Waals surface area contributed by atoms with Crippen molar-refractivity contribution in [3.8, 4) is 11.8 Å². The lowest BCUT2D eigenvalue weighted by molar-refractivity contribution is -0.118. The molecule has 2 aromatic carbocycles. The molecule has 0 saturated heterocycles. The summed E-state index contributed by atoms with van der Waals surface area (Å²) in [6, 6.07) is 17.7. The number of ether oxygens (including phenoxy) is 1. The molecule has 0 amide bonds. The second-order valence-corrected chi connectivity index (χ2v) is 9.21. The minimum Gasteiger partial charge on any atom is -0.497 e. The summed E-state index contributed by atoms with van der Waals surface area (Å²) in [6.07, 6.45) is 1.13. The van der Waals surface area contributed by atoms with Crippen LogP contribution in [0.15, 0.2) is 76.2 Å². The first-order chi connectivity index (χ1) is 15.3. The van der Waals surface area contributed by atoms with Crippen LogP contribution in [0, 0.1) is 16.7 Å². The van der Waals surface area contributed by atoms with Gasteiger partial charge in [0.2, 0.25) is 0 Å². The summed E-state index contributed by atoms with van der Waals surface area (Å²) in [6.45, 7) is 4.21. The molecule has 2 aliphatic heterocycles. The zero-order valence-corrected chi connectivity index (χ0v) is 18.3. The molecule has 6 heteroatoms. The van der Waals surface area contributed by atoms with Crippen molar-refractivity contribution in [3.05, 3.63) is 82.3 Å². The first kappa shape index (κ1) is 20.1. The van der Waals surface area contributed by atoms with Crippen LogP contribution in [0.25, 0.3) is 0 Å². The third-order valence-electron chi connectivity index (χ3n) is 6.39. The Morgan fingerprint density at radius 3 is 2.72 bits per heavy atom. The van der Waals surface area contributed by atoms with E-state index in [1.54, 1.807) is 7.11 Å². The summed E-state index contributed by atoms with van der Waals surface area (Å²) in [5.41, 5.74) is 10.6. The van der Waals surface area contributed by atoms with Gasteiger partial charge in [0.25, 0.3) is 0 Å². The molecule has 0 aromatic heterocycles. The Bertz CT molecular complexity index is 1290. The number of nitrogens with zero attached hydrogens (tertiary/aromatic N) is 3. The molecule has 0 bridgehead atoms. The first-order valence-electron chi connectivity index (χ1n) is 10.6. The van der Waals surface area contributed by atoms with Gasteiger partial charge in [-0.3, -0.25) is 9.69 Å². The fraction of sp³-hybridized carbons (Fsp3) is 0.269. The second kappa shape index (κ2) is 7.10. The van der Waals surface area contributed by atoms with Crippen LogP contribution in [-0.2, 0) is 4.79 Å². The SMILES string of the molecule is COc1cccc([C@@H]2C(C#N)=C3N=C(N)c4ccccc4N3C3=C2C(=O)CC(C)(C)C3)c1. The summed E-state index contributed by atoms with van der Waals surface area (Å²) >= 11 is 0. The number of carbonyl (C=O) groups excluding carboxylic acids is 1. The van der Waals surface area contributed by atoms with Crippen molar-refractivity contribution in [2.24, 2.45) is 16.1 Å². The maximum Gasteiger partial charge on any atom is 0.162 e. The summed E-state index contributed by atoms with van der Waals surface area (Å²) in [5.74, 6) is 1.10. The van der Waals surface area contributed by atoms with Gasteiger partial charge in [-0.05, 0) is 41.7 Å². The summed E-state index contributed by atoms with van der Waals surface area (Å²) in [4.78, 5) is 20.2. The van der Waals surface area contributed by atoms with Crippen LogP contribution in [-0.4, -0.2) is 18.7 Å². The van der Waals surface area contributed by atoms with Gasteiger partial charge in [0.1, 0.15) is 11.6 Å². The van der Waals surface area contributed by atoms with Crippen molar-refractivity contribution in [1.29, 1.82) is 5.26 Å². The molecule has 32 heavy (non-hydrogen) atoms. The van der Waals surface area contributed by atoms with E-state index in [0.717, 1.165) is 22.5 Å². The van der Waals surface area contributed by atoms with E-state index in [1.807, 2.05) is 53.4 Å². The number of amidine groups is 1. The number of allylic oxidation sites excluding steroid dienone is 3. The number of benzene rings is 2. The summed E-state index contributed by atoms with van der Waals surface area (Å²) in [5, 5.41) is 10.3. The fourth-order valence-electron chi connectivity index (χ4n) is 5.05. The topological polar surface area (TPSA) is 91.7 Å². The highest BCUT2D eigenvalue weighted by Gasteiger charge is 2.46. The molecular formula is C26H24N4O2. The molecule has 0 spiro atoms. The van der Waals surface area contributed by atoms with Crippen LogP contribution in [0.2, 0.25) is 0 Å². The van der Waals surface area contributed by atoms with Gasteiger partial charge in [0, 0.05) is 23.3 Å². The largest absolute Gasteiger partial charge is 0.497 e. The molecule has 0 saturated carbocycles. The number of para-hydroxylation sites is 1. The molecule has 2 N–H and O–H groups in total. The molecule has 5 rings (SSSR count). The van der Waals surface area contributed by atoms with E-state index in [0.29, 0.717) is 41.4 Å². The first-order valence-corrected chi connectivity index (χ1v) is 10.6. The van der Waals surface area contributed by atoms with Gasteiger partial charge in [0.05, 0.1) is 30.4 Å². The van der Waals surface area contributed by atoms with Crippen LogP contribution in [0.1, 0.15) is 43.7 Å². The molecule has 3 aliphatic rings. The molecule has 1 atom stereocenters. The van der Waals surface area contributed by atoms with Crippen molar-refractivity contribution < 1.29 is 9.53 Å². The van der Waals surface area contributed by atoms with Crippen molar-refractivity contribution in [1.82, 2.24) is 0 Å². The molecule has 2 heterocycles. The predicted molar refractivity (Wildman–Crippen MR) is 123 cm³/mol. The summed E-state index contributed by atoms with van der Waals surface area (Å²) < 4.78 is 5.42. The fourth-order valence-corrected chi connectivity index (χ4v) is 5.05. The van der Waals surface area contributed by atoms with Crippen LogP contribution < -0.4 is 15.4 Å². The van der Waals surface area contributed by atoms with E-state index in [-0.39, 0.29) is 11.2 Å². The molecule has 1 aliphatic carbocycles. The van der Waals surface area contributed by atoms with Gasteiger partial charge >= 0.3 is 0 Å². The lowest BCUT2D eigenvalue weighted by Crippen LogP contribution is -2.42. The van der Waals surface area contributed by atoms with Crippen molar-refractivity contribution in [3.63, 3.8) is 0 Å². The normalized spacial score (nSPS) is 21.3. The molecule has 6 nitrogen and oxygen atoms in total. The van der Waals surface area contributed by atoms with E-state index >= 15 is 0 Å². The highest BCUT2D eigenvalue weighted by molar-refractivity contribution is 6.08. The van der Waals surface area contributed by atoms with Crippen LogP contribution in [0.3, 0.4) is 0 Å². The van der Waals surface area contributed by atoms with Gasteiger partial charge in [-0.1, -0.05) is 38.1 Å². The monoisotopic (exact) mass is 424 g/mol. The average molecular weight is 425 g/mol. The Hall–Kier alpha value is -3.85. The smallest absolute Gasteiger partial charge is 0.162 e. The van der Waals surface area contributed by atoms with E-state index in [9.17, 15) is 10.1 Å². The number of hydrogen-bond acceptors (Lipinski definition) is 6. The number of nitriles is 1. The Labute approximate surface area is 187 Å². The number of aliphatic imine (C=N–C) groups is 1. The Morgan fingerprint density at radius 1 is 1.19 bits per heavy atom. The molecule has 0 fully saturated rings. The number of Topliss-reactive ketones (excluding diaryl/α,β-unsaturated/α-hetero) is 1. The lowest BCUT2D eigenvalue weighted by atomic mass is 9.68.